The molecule has 0 spiro atoms. The monoisotopic (exact) mass is 227 g/mol. The summed E-state index contributed by atoms with van der Waals surface area (Å²) in [6.45, 7) is 1.24. The molecule has 0 bridgehead atoms. The second kappa shape index (κ2) is 4.05. The van der Waals surface area contributed by atoms with Gasteiger partial charge in [-0.1, -0.05) is 0 Å². The summed E-state index contributed by atoms with van der Waals surface area (Å²) in [5.74, 6) is -2.01. The lowest BCUT2D eigenvalue weighted by atomic mass is 9.90. The van der Waals surface area contributed by atoms with E-state index in [1.54, 1.807) is 0 Å². The SMILES string of the molecule is COC1=CC(=O)N(C)C(=O)[C@]1(O)CC(C)=O. The molecular weight excluding hydrogens is 214 g/mol. The fourth-order valence-corrected chi connectivity index (χ4v) is 1.56. The van der Waals surface area contributed by atoms with E-state index in [9.17, 15) is 19.5 Å². The first-order chi connectivity index (χ1) is 7.32. The highest BCUT2D eigenvalue weighted by Gasteiger charge is 2.48. The van der Waals surface area contributed by atoms with Gasteiger partial charge < -0.3 is 9.84 Å². The Hall–Kier alpha value is -1.69. The summed E-state index contributed by atoms with van der Waals surface area (Å²) in [5, 5.41) is 10.1. The van der Waals surface area contributed by atoms with Gasteiger partial charge in [0.15, 0.2) is 0 Å². The lowest BCUT2D eigenvalue weighted by Gasteiger charge is -2.33. The van der Waals surface area contributed by atoms with Crippen LogP contribution in [-0.2, 0) is 19.1 Å². The first kappa shape index (κ1) is 12.4. The maximum Gasteiger partial charge on any atom is 0.269 e. The molecular formula is C10H13NO5. The molecule has 6 nitrogen and oxygen atoms in total. The number of ether oxygens (including phenoxy) is 1. The number of likely N-dealkylation sites (N-methyl/N-ethyl adjacent to an activating group) is 1. The van der Waals surface area contributed by atoms with Crippen LogP contribution in [0.25, 0.3) is 0 Å². The van der Waals surface area contributed by atoms with E-state index in [2.05, 4.69) is 0 Å². The number of Topliss-reactive ketones (excluding diaryl/α,β-unsaturated/α-hetero) is 1. The van der Waals surface area contributed by atoms with Crippen LogP contribution in [0.15, 0.2) is 11.8 Å². The molecule has 0 aliphatic carbocycles. The Bertz CT molecular complexity index is 387. The Kier molecular flexibility index (Phi) is 3.14. The highest BCUT2D eigenvalue weighted by Crippen LogP contribution is 2.28. The number of rotatable bonds is 3. The van der Waals surface area contributed by atoms with E-state index in [-0.39, 0.29) is 11.5 Å². The van der Waals surface area contributed by atoms with Crippen molar-refractivity contribution in [2.75, 3.05) is 14.2 Å². The summed E-state index contributed by atoms with van der Waals surface area (Å²) in [7, 11) is 2.46. The quantitative estimate of drug-likeness (QED) is 0.640. The van der Waals surface area contributed by atoms with E-state index in [0.717, 1.165) is 11.0 Å². The van der Waals surface area contributed by atoms with Crippen molar-refractivity contribution >= 4 is 17.6 Å². The van der Waals surface area contributed by atoms with E-state index in [4.69, 9.17) is 4.74 Å². The smallest absolute Gasteiger partial charge is 0.269 e. The molecule has 6 heteroatoms. The minimum Gasteiger partial charge on any atom is -0.497 e. The first-order valence-corrected chi connectivity index (χ1v) is 4.63. The molecule has 1 heterocycles. The number of carbonyl (C=O) groups excluding carboxylic acids is 3. The van der Waals surface area contributed by atoms with E-state index in [0.29, 0.717) is 0 Å². The highest BCUT2D eigenvalue weighted by atomic mass is 16.5. The Balaban J connectivity index is 3.22. The van der Waals surface area contributed by atoms with Crippen LogP contribution < -0.4 is 0 Å². The van der Waals surface area contributed by atoms with Gasteiger partial charge in [-0.3, -0.25) is 19.3 Å². The second-order valence-corrected chi connectivity index (χ2v) is 3.65. The topological polar surface area (TPSA) is 83.9 Å². The van der Waals surface area contributed by atoms with Crippen molar-refractivity contribution in [1.82, 2.24) is 4.90 Å². The number of nitrogens with zero attached hydrogens (tertiary/aromatic N) is 1. The predicted molar refractivity (Wildman–Crippen MR) is 53.1 cm³/mol. The molecule has 1 rings (SSSR count). The Morgan fingerprint density at radius 3 is 2.56 bits per heavy atom. The van der Waals surface area contributed by atoms with Crippen molar-refractivity contribution < 1.29 is 24.2 Å². The van der Waals surface area contributed by atoms with Crippen LogP contribution in [0.1, 0.15) is 13.3 Å². The Morgan fingerprint density at radius 1 is 1.56 bits per heavy atom. The molecule has 0 aromatic carbocycles. The van der Waals surface area contributed by atoms with Crippen LogP contribution in [0.2, 0.25) is 0 Å². The minimum atomic E-state index is -2.07. The van der Waals surface area contributed by atoms with Gasteiger partial charge in [-0.25, -0.2) is 0 Å². The maximum absolute atomic E-state index is 11.7. The molecule has 0 saturated heterocycles. The molecule has 0 unspecified atom stereocenters. The summed E-state index contributed by atoms with van der Waals surface area (Å²) >= 11 is 0. The van der Waals surface area contributed by atoms with Gasteiger partial charge in [0.1, 0.15) is 11.5 Å². The van der Waals surface area contributed by atoms with E-state index >= 15 is 0 Å². The zero-order chi connectivity index (χ0) is 12.5. The van der Waals surface area contributed by atoms with E-state index in [1.165, 1.54) is 21.1 Å². The van der Waals surface area contributed by atoms with Crippen LogP contribution in [0, 0.1) is 0 Å². The molecule has 0 radical (unpaired) electrons. The number of hydrogen-bond donors (Lipinski definition) is 1. The molecule has 1 aliphatic heterocycles. The van der Waals surface area contributed by atoms with Gasteiger partial charge in [-0.05, 0) is 6.92 Å². The third-order valence-electron chi connectivity index (χ3n) is 2.38. The van der Waals surface area contributed by atoms with Crippen molar-refractivity contribution in [3.63, 3.8) is 0 Å². The fraction of sp³-hybridized carbons (Fsp3) is 0.500. The number of imide groups is 1. The predicted octanol–water partition coefficient (Wildman–Crippen LogP) is -0.775. The molecule has 0 fully saturated rings. The summed E-state index contributed by atoms with van der Waals surface area (Å²) in [6, 6.07) is 0. The van der Waals surface area contributed by atoms with Crippen LogP contribution in [0.4, 0.5) is 0 Å². The third-order valence-corrected chi connectivity index (χ3v) is 2.38. The molecule has 1 aliphatic rings. The molecule has 0 saturated carbocycles. The van der Waals surface area contributed by atoms with Crippen LogP contribution in [0.3, 0.4) is 0 Å². The van der Waals surface area contributed by atoms with Gasteiger partial charge in [0.25, 0.3) is 11.8 Å². The van der Waals surface area contributed by atoms with Crippen LogP contribution in [-0.4, -0.2) is 47.4 Å². The molecule has 0 aromatic heterocycles. The van der Waals surface area contributed by atoms with Crippen molar-refractivity contribution in [2.24, 2.45) is 0 Å². The summed E-state index contributed by atoms with van der Waals surface area (Å²) < 4.78 is 4.79. The number of aliphatic hydroxyl groups is 1. The maximum atomic E-state index is 11.7. The fourth-order valence-electron chi connectivity index (χ4n) is 1.56. The number of hydrogen-bond acceptors (Lipinski definition) is 5. The highest BCUT2D eigenvalue weighted by molar-refractivity contribution is 6.09. The van der Waals surface area contributed by atoms with Gasteiger partial charge in [-0.2, -0.15) is 0 Å². The average Bonchev–Trinajstić information content (AvgIpc) is 2.20. The van der Waals surface area contributed by atoms with Gasteiger partial charge in [0, 0.05) is 13.1 Å². The van der Waals surface area contributed by atoms with Gasteiger partial charge >= 0.3 is 0 Å². The number of ketones is 1. The van der Waals surface area contributed by atoms with Crippen molar-refractivity contribution in [1.29, 1.82) is 0 Å². The first-order valence-electron chi connectivity index (χ1n) is 4.63. The average molecular weight is 227 g/mol. The van der Waals surface area contributed by atoms with Crippen LogP contribution >= 0.6 is 0 Å². The standard InChI is InChI=1S/C10H13NO5/c1-6(12)5-10(15)7(16-3)4-8(13)11(2)9(10)14/h4,15H,5H2,1-3H3/t10-/m0/s1. The van der Waals surface area contributed by atoms with Crippen molar-refractivity contribution in [3.8, 4) is 0 Å². The van der Waals surface area contributed by atoms with Crippen molar-refractivity contribution in [2.45, 2.75) is 18.9 Å². The van der Waals surface area contributed by atoms with Gasteiger partial charge in [-0.15, -0.1) is 0 Å². The van der Waals surface area contributed by atoms with Crippen LogP contribution in [0.5, 0.6) is 0 Å². The second-order valence-electron chi connectivity index (χ2n) is 3.65. The third kappa shape index (κ3) is 1.83. The van der Waals surface area contributed by atoms with Crippen molar-refractivity contribution in [3.05, 3.63) is 11.8 Å². The number of carbonyl (C=O) groups is 3. The lowest BCUT2D eigenvalue weighted by molar-refractivity contribution is -0.160. The number of methoxy groups -OCH3 is 1. The molecule has 0 aromatic rings. The molecule has 88 valence electrons. The normalized spacial score (nSPS) is 25.5. The Labute approximate surface area is 92.5 Å². The summed E-state index contributed by atoms with van der Waals surface area (Å²) in [4.78, 5) is 34.8. The van der Waals surface area contributed by atoms with Gasteiger partial charge in [0.2, 0.25) is 5.60 Å². The summed E-state index contributed by atoms with van der Waals surface area (Å²) in [6.07, 6.45) is 0.591. The largest absolute Gasteiger partial charge is 0.497 e. The van der Waals surface area contributed by atoms with E-state index < -0.39 is 23.8 Å². The lowest BCUT2D eigenvalue weighted by Crippen LogP contribution is -2.55. The molecule has 2 amide bonds. The summed E-state index contributed by atoms with van der Waals surface area (Å²) in [5.41, 5.74) is -2.07. The Morgan fingerprint density at radius 2 is 2.12 bits per heavy atom. The zero-order valence-electron chi connectivity index (χ0n) is 9.31. The molecule has 16 heavy (non-hydrogen) atoms. The number of amides is 2. The van der Waals surface area contributed by atoms with E-state index in [1.807, 2.05) is 0 Å². The zero-order valence-corrected chi connectivity index (χ0v) is 9.31. The van der Waals surface area contributed by atoms with Gasteiger partial charge in [0.05, 0.1) is 13.5 Å². The molecule has 1 atom stereocenters. The minimum absolute atomic E-state index is 0.198. The molecule has 1 N–H and O–H groups in total.